The first kappa shape index (κ1) is 20.7. The van der Waals surface area contributed by atoms with E-state index in [1.807, 2.05) is 13.0 Å². The lowest BCUT2D eigenvalue weighted by molar-refractivity contribution is 0.0461. The lowest BCUT2D eigenvalue weighted by atomic mass is 10.1. The fraction of sp³-hybridized carbons (Fsp3) is 0.250. The molecule has 2 N–H and O–H groups in total. The Bertz CT molecular complexity index is 1320. The molecule has 4 rings (SSSR count). The molecule has 0 amide bonds. The molecular weight excluding hydrogens is 474 g/mol. The Morgan fingerprint density at radius 3 is 2.80 bits per heavy atom. The van der Waals surface area contributed by atoms with Gasteiger partial charge in [0.25, 0.3) is 5.56 Å². The molecule has 1 aliphatic rings. The lowest BCUT2D eigenvalue weighted by Gasteiger charge is -2.10. The van der Waals surface area contributed by atoms with Gasteiger partial charge in [-0.15, -0.1) is 0 Å². The summed E-state index contributed by atoms with van der Waals surface area (Å²) in [7, 11) is -3.71. The first-order chi connectivity index (χ1) is 14.2. The number of rotatable bonds is 6. The molecule has 0 spiro atoms. The van der Waals surface area contributed by atoms with Crippen molar-refractivity contribution in [3.63, 3.8) is 0 Å². The van der Waals surface area contributed by atoms with Crippen LogP contribution < -0.4 is 10.3 Å². The number of sulfonamides is 1. The molecule has 0 atom stereocenters. The number of carbonyl (C=O) groups excluding carboxylic acids is 1. The number of nitrogens with zero attached hydrogens (tertiary/aromatic N) is 1. The van der Waals surface area contributed by atoms with E-state index in [2.05, 4.69) is 30.6 Å². The van der Waals surface area contributed by atoms with Gasteiger partial charge in [0.2, 0.25) is 10.0 Å². The van der Waals surface area contributed by atoms with Gasteiger partial charge in [0.15, 0.2) is 0 Å². The third kappa shape index (κ3) is 4.30. The normalized spacial score (nSPS) is 14.1. The maximum atomic E-state index is 12.6. The second kappa shape index (κ2) is 7.93. The highest BCUT2D eigenvalue weighted by Crippen LogP contribution is 2.25. The van der Waals surface area contributed by atoms with E-state index in [0.29, 0.717) is 15.4 Å². The quantitative estimate of drug-likeness (QED) is 0.511. The van der Waals surface area contributed by atoms with Crippen LogP contribution in [0.3, 0.4) is 0 Å². The predicted octanol–water partition coefficient (Wildman–Crippen LogP) is 2.79. The predicted molar refractivity (Wildman–Crippen MR) is 114 cm³/mol. The zero-order chi connectivity index (χ0) is 21.5. The molecular formula is C20H18BrN3O5S. The van der Waals surface area contributed by atoms with Crippen molar-refractivity contribution in [2.45, 2.75) is 37.3 Å². The number of nitrogens with one attached hydrogen (secondary N) is 2. The molecule has 3 aromatic rings. The lowest BCUT2D eigenvalue weighted by Crippen LogP contribution is -2.26. The second-order valence-corrected chi connectivity index (χ2v) is 9.67. The first-order valence-electron chi connectivity index (χ1n) is 9.22. The summed E-state index contributed by atoms with van der Waals surface area (Å²) in [5.41, 5.74) is 1.10. The number of carbonyl (C=O) groups is 1. The van der Waals surface area contributed by atoms with Crippen LogP contribution >= 0.6 is 15.9 Å². The zero-order valence-corrected chi connectivity index (χ0v) is 18.3. The van der Waals surface area contributed by atoms with Crippen LogP contribution in [0.15, 0.2) is 50.6 Å². The number of halogens is 1. The van der Waals surface area contributed by atoms with Gasteiger partial charge in [0.1, 0.15) is 12.4 Å². The molecule has 1 fully saturated rings. The summed E-state index contributed by atoms with van der Waals surface area (Å²) in [5.74, 6) is -0.539. The van der Waals surface area contributed by atoms with Gasteiger partial charge in [-0.05, 0) is 65.5 Å². The number of para-hydroxylation sites is 1. The molecule has 10 heteroatoms. The molecule has 0 saturated heterocycles. The van der Waals surface area contributed by atoms with Crippen molar-refractivity contribution in [3.05, 3.63) is 68.2 Å². The maximum absolute atomic E-state index is 12.6. The summed E-state index contributed by atoms with van der Waals surface area (Å²) in [5, 5.41) is 0.453. The average Bonchev–Trinajstić information content (AvgIpc) is 3.50. The minimum atomic E-state index is -3.71. The Morgan fingerprint density at radius 1 is 1.30 bits per heavy atom. The highest BCUT2D eigenvalue weighted by atomic mass is 79.9. The van der Waals surface area contributed by atoms with Crippen molar-refractivity contribution in [3.8, 4) is 0 Å². The van der Waals surface area contributed by atoms with Crippen molar-refractivity contribution in [2.75, 3.05) is 0 Å². The van der Waals surface area contributed by atoms with E-state index in [9.17, 15) is 18.0 Å². The number of aromatic amines is 1. The maximum Gasteiger partial charge on any atom is 0.339 e. The Hall–Kier alpha value is -2.56. The van der Waals surface area contributed by atoms with E-state index in [-0.39, 0.29) is 34.5 Å². The van der Waals surface area contributed by atoms with Gasteiger partial charge in [-0.2, -0.15) is 0 Å². The molecule has 0 unspecified atom stereocenters. The summed E-state index contributed by atoms with van der Waals surface area (Å²) >= 11 is 3.25. The van der Waals surface area contributed by atoms with E-state index in [1.165, 1.54) is 18.2 Å². The van der Waals surface area contributed by atoms with Crippen LogP contribution in [0, 0.1) is 6.92 Å². The van der Waals surface area contributed by atoms with E-state index < -0.39 is 16.0 Å². The van der Waals surface area contributed by atoms with E-state index >= 15 is 0 Å². The second-order valence-electron chi connectivity index (χ2n) is 7.10. The van der Waals surface area contributed by atoms with Crippen molar-refractivity contribution in [2.24, 2.45) is 0 Å². The van der Waals surface area contributed by atoms with E-state index in [1.54, 1.807) is 12.1 Å². The number of ether oxygens (including phenoxy) is 1. The van der Waals surface area contributed by atoms with E-state index in [4.69, 9.17) is 4.74 Å². The number of fused-ring (bicyclic) bond motifs is 1. The molecule has 1 aliphatic carbocycles. The van der Waals surface area contributed by atoms with Crippen molar-refractivity contribution < 1.29 is 17.9 Å². The molecule has 1 heterocycles. The van der Waals surface area contributed by atoms with Crippen molar-refractivity contribution in [1.29, 1.82) is 0 Å². The van der Waals surface area contributed by atoms with Gasteiger partial charge in [-0.1, -0.05) is 12.1 Å². The summed E-state index contributed by atoms with van der Waals surface area (Å²) in [6.45, 7) is 1.57. The van der Waals surface area contributed by atoms with Crippen LogP contribution in [0.2, 0.25) is 0 Å². The number of aromatic nitrogens is 2. The molecule has 0 aliphatic heterocycles. The largest absolute Gasteiger partial charge is 0.454 e. The average molecular weight is 492 g/mol. The van der Waals surface area contributed by atoms with Crippen LogP contribution in [0.4, 0.5) is 0 Å². The minimum Gasteiger partial charge on any atom is -0.454 e. The van der Waals surface area contributed by atoms with Crippen molar-refractivity contribution >= 4 is 42.8 Å². The number of H-pyrrole nitrogens is 1. The topological polar surface area (TPSA) is 118 Å². The molecule has 30 heavy (non-hydrogen) atoms. The summed E-state index contributed by atoms with van der Waals surface area (Å²) in [4.78, 5) is 31.8. The molecule has 156 valence electrons. The standard InChI is InChI=1S/C20H18BrN3O5S/c1-11-3-2-4-14-18(11)22-17(23-19(14)25)10-29-20(26)15-9-13(7-8-16(15)21)30(27,28)24-12-5-6-12/h2-4,7-9,12,24H,5-6,10H2,1H3,(H,22,23,25). The van der Waals surface area contributed by atoms with Crippen molar-refractivity contribution in [1.82, 2.24) is 14.7 Å². The SMILES string of the molecule is Cc1cccc2c(=O)[nH]c(COC(=O)c3cc(S(=O)(=O)NC4CC4)ccc3Br)nc12. The van der Waals surface area contributed by atoms with E-state index in [0.717, 1.165) is 18.4 Å². The molecule has 1 aromatic heterocycles. The van der Waals surface area contributed by atoms with Crippen LogP contribution in [-0.2, 0) is 21.4 Å². The van der Waals surface area contributed by atoms with Gasteiger partial charge in [0.05, 0.1) is 21.4 Å². The summed E-state index contributed by atoms with van der Waals surface area (Å²) < 4.78 is 33.1. The molecule has 1 saturated carbocycles. The first-order valence-corrected chi connectivity index (χ1v) is 11.5. The Balaban J connectivity index is 1.56. The van der Waals surface area contributed by atoms with Crippen LogP contribution in [0.25, 0.3) is 10.9 Å². The third-order valence-electron chi connectivity index (χ3n) is 4.69. The summed E-state index contributed by atoms with van der Waals surface area (Å²) in [6, 6.07) is 9.39. The van der Waals surface area contributed by atoms with Crippen LogP contribution in [0.5, 0.6) is 0 Å². The minimum absolute atomic E-state index is 0.0163. The smallest absolute Gasteiger partial charge is 0.339 e. The zero-order valence-electron chi connectivity index (χ0n) is 15.9. The number of hydrogen-bond donors (Lipinski definition) is 2. The van der Waals surface area contributed by atoms with Gasteiger partial charge in [0, 0.05) is 10.5 Å². The third-order valence-corrected chi connectivity index (χ3v) is 6.90. The van der Waals surface area contributed by atoms with Gasteiger partial charge >= 0.3 is 5.97 Å². The molecule has 0 radical (unpaired) electrons. The Morgan fingerprint density at radius 2 is 2.07 bits per heavy atom. The van der Waals surface area contributed by atoms with Gasteiger partial charge < -0.3 is 9.72 Å². The summed E-state index contributed by atoms with van der Waals surface area (Å²) in [6.07, 6.45) is 1.61. The van der Waals surface area contributed by atoms with Gasteiger partial charge in [-0.25, -0.2) is 22.9 Å². The van der Waals surface area contributed by atoms with Gasteiger partial charge in [-0.3, -0.25) is 4.79 Å². The Labute approximate surface area is 180 Å². The molecule has 0 bridgehead atoms. The monoisotopic (exact) mass is 491 g/mol. The fourth-order valence-corrected chi connectivity index (χ4v) is 4.69. The van der Waals surface area contributed by atoms with Crippen LogP contribution in [-0.4, -0.2) is 30.4 Å². The fourth-order valence-electron chi connectivity index (χ4n) is 2.95. The van der Waals surface area contributed by atoms with Crippen LogP contribution in [0.1, 0.15) is 34.6 Å². The number of esters is 1. The highest BCUT2D eigenvalue weighted by Gasteiger charge is 2.28. The number of hydrogen-bond acceptors (Lipinski definition) is 6. The highest BCUT2D eigenvalue weighted by molar-refractivity contribution is 9.10. The Kier molecular flexibility index (Phi) is 5.48. The number of benzene rings is 2. The molecule has 2 aromatic carbocycles. The number of aryl methyl sites for hydroxylation is 1. The molecule has 8 nitrogen and oxygen atoms in total.